The second-order valence-corrected chi connectivity index (χ2v) is 4.49. The average Bonchev–Trinajstić information content (AvgIpc) is 2.25. The summed E-state index contributed by atoms with van der Waals surface area (Å²) in [6.07, 6.45) is -0.780. The average molecular weight is 254 g/mol. The monoisotopic (exact) mass is 254 g/mol. The maximum absolute atomic E-state index is 13.4. The number of hydrogen-bond donors (Lipinski definition) is 2. The van der Waals surface area contributed by atoms with Gasteiger partial charge in [0, 0.05) is 18.7 Å². The number of nitrogens with one attached hydrogen (secondary N) is 1. The number of carbonyl (C=O) groups excluding carboxylic acids is 1. The highest BCUT2D eigenvalue weighted by Gasteiger charge is 2.11. The fourth-order valence-corrected chi connectivity index (χ4v) is 1.38. The largest absolute Gasteiger partial charge is 0.481 e. The number of nitrogens with two attached hydrogens (primary N) is 1. The third-order valence-electron chi connectivity index (χ3n) is 2.36. The van der Waals surface area contributed by atoms with Crippen LogP contribution >= 0.6 is 0 Å². The van der Waals surface area contributed by atoms with E-state index in [0.29, 0.717) is 18.3 Å². The van der Waals surface area contributed by atoms with Crippen molar-refractivity contribution >= 4 is 5.91 Å². The number of hydrogen-bond acceptors (Lipinski definition) is 3. The van der Waals surface area contributed by atoms with E-state index in [4.69, 9.17) is 10.5 Å². The molecule has 0 aromatic heterocycles. The third-order valence-corrected chi connectivity index (χ3v) is 2.36. The molecular weight excluding hydrogens is 235 g/mol. The zero-order valence-electron chi connectivity index (χ0n) is 10.9. The van der Waals surface area contributed by atoms with E-state index in [9.17, 15) is 9.18 Å². The molecule has 0 aliphatic rings. The van der Waals surface area contributed by atoms with Gasteiger partial charge in [-0.1, -0.05) is 13.8 Å². The lowest BCUT2D eigenvalue weighted by molar-refractivity contribution is -0.123. The quantitative estimate of drug-likeness (QED) is 0.810. The molecule has 0 fully saturated rings. The van der Waals surface area contributed by atoms with Crippen molar-refractivity contribution in [3.05, 3.63) is 29.6 Å². The Morgan fingerprint density at radius 3 is 2.61 bits per heavy atom. The fraction of sp³-hybridized carbons (Fsp3) is 0.462. The van der Waals surface area contributed by atoms with Crippen molar-refractivity contribution in [2.45, 2.75) is 39.5 Å². The van der Waals surface area contributed by atoms with E-state index in [2.05, 4.69) is 5.32 Å². The smallest absolute Gasteiger partial charge is 0.258 e. The zero-order valence-corrected chi connectivity index (χ0v) is 10.9. The van der Waals surface area contributed by atoms with Crippen molar-refractivity contribution in [3.63, 3.8) is 0 Å². The van der Waals surface area contributed by atoms with Crippen LogP contribution in [0.4, 0.5) is 4.39 Å². The van der Waals surface area contributed by atoms with Gasteiger partial charge >= 0.3 is 0 Å². The van der Waals surface area contributed by atoms with Gasteiger partial charge in [0.15, 0.2) is 6.10 Å². The molecular formula is C13H19FN2O2. The van der Waals surface area contributed by atoms with Gasteiger partial charge in [0.1, 0.15) is 11.6 Å². The SMILES string of the molecule is CC(C)NCc1cc(F)cc(OC(C)C(N)=O)c1. The Morgan fingerprint density at radius 2 is 2.06 bits per heavy atom. The molecule has 4 nitrogen and oxygen atoms in total. The summed E-state index contributed by atoms with van der Waals surface area (Å²) >= 11 is 0. The molecule has 100 valence electrons. The molecule has 0 saturated heterocycles. The Bertz CT molecular complexity index is 421. The number of amides is 1. The summed E-state index contributed by atoms with van der Waals surface area (Å²) in [5, 5.41) is 3.18. The van der Waals surface area contributed by atoms with Crippen LogP contribution in [0.2, 0.25) is 0 Å². The molecule has 0 aliphatic heterocycles. The normalized spacial score (nSPS) is 12.5. The van der Waals surface area contributed by atoms with Gasteiger partial charge in [0.05, 0.1) is 0 Å². The van der Waals surface area contributed by atoms with Gasteiger partial charge in [-0.25, -0.2) is 4.39 Å². The number of rotatable bonds is 6. The first-order chi connectivity index (χ1) is 8.38. The number of halogens is 1. The van der Waals surface area contributed by atoms with E-state index >= 15 is 0 Å². The van der Waals surface area contributed by atoms with Crippen molar-refractivity contribution < 1.29 is 13.9 Å². The van der Waals surface area contributed by atoms with Gasteiger partial charge in [-0.05, 0) is 24.6 Å². The van der Waals surface area contributed by atoms with E-state index in [1.165, 1.54) is 19.1 Å². The highest BCUT2D eigenvalue weighted by Crippen LogP contribution is 2.18. The van der Waals surface area contributed by atoms with E-state index in [0.717, 1.165) is 5.56 Å². The second-order valence-electron chi connectivity index (χ2n) is 4.49. The molecule has 0 aliphatic carbocycles. The Balaban J connectivity index is 2.77. The first-order valence-electron chi connectivity index (χ1n) is 5.87. The van der Waals surface area contributed by atoms with Crippen LogP contribution in [-0.4, -0.2) is 18.1 Å². The minimum atomic E-state index is -0.780. The highest BCUT2D eigenvalue weighted by molar-refractivity contribution is 5.78. The van der Waals surface area contributed by atoms with E-state index in [1.807, 2.05) is 13.8 Å². The molecule has 1 aromatic rings. The van der Waals surface area contributed by atoms with Crippen LogP contribution in [0, 0.1) is 5.82 Å². The minimum Gasteiger partial charge on any atom is -0.481 e. The summed E-state index contributed by atoms with van der Waals surface area (Å²) in [4.78, 5) is 10.9. The lowest BCUT2D eigenvalue weighted by Crippen LogP contribution is -2.30. The first kappa shape index (κ1) is 14.4. The van der Waals surface area contributed by atoms with Crippen LogP contribution in [0.5, 0.6) is 5.75 Å². The fourth-order valence-electron chi connectivity index (χ4n) is 1.38. The molecule has 0 spiro atoms. The van der Waals surface area contributed by atoms with Crippen LogP contribution in [0.1, 0.15) is 26.3 Å². The number of carbonyl (C=O) groups is 1. The van der Waals surface area contributed by atoms with Crippen molar-refractivity contribution in [3.8, 4) is 5.75 Å². The molecule has 1 unspecified atom stereocenters. The van der Waals surface area contributed by atoms with Crippen LogP contribution in [0.3, 0.4) is 0 Å². The topological polar surface area (TPSA) is 64.3 Å². The summed E-state index contributed by atoms with van der Waals surface area (Å²) in [5.74, 6) is -0.673. The molecule has 0 radical (unpaired) electrons. The molecule has 1 atom stereocenters. The molecule has 1 amide bonds. The molecule has 0 heterocycles. The third kappa shape index (κ3) is 4.71. The van der Waals surface area contributed by atoms with Gasteiger partial charge in [-0.3, -0.25) is 4.79 Å². The lowest BCUT2D eigenvalue weighted by atomic mass is 10.2. The van der Waals surface area contributed by atoms with Gasteiger partial charge in [0.25, 0.3) is 5.91 Å². The number of ether oxygens (including phenoxy) is 1. The van der Waals surface area contributed by atoms with Crippen molar-refractivity contribution in [1.82, 2.24) is 5.32 Å². The predicted molar refractivity (Wildman–Crippen MR) is 67.7 cm³/mol. The van der Waals surface area contributed by atoms with Crippen molar-refractivity contribution in [1.29, 1.82) is 0 Å². The summed E-state index contributed by atoms with van der Waals surface area (Å²) < 4.78 is 18.6. The molecule has 1 aromatic carbocycles. The number of primary amides is 1. The summed E-state index contributed by atoms with van der Waals surface area (Å²) in [5.41, 5.74) is 5.85. The standard InChI is InChI=1S/C13H19FN2O2/c1-8(2)16-7-10-4-11(14)6-12(5-10)18-9(3)13(15)17/h4-6,8-9,16H,7H2,1-3H3,(H2,15,17). The molecule has 0 bridgehead atoms. The molecule has 18 heavy (non-hydrogen) atoms. The van der Waals surface area contributed by atoms with Crippen LogP contribution < -0.4 is 15.8 Å². The molecule has 5 heteroatoms. The minimum absolute atomic E-state index is 0.307. The van der Waals surface area contributed by atoms with Crippen LogP contribution in [0.25, 0.3) is 0 Å². The summed E-state index contributed by atoms with van der Waals surface area (Å²) in [6.45, 7) is 6.08. The van der Waals surface area contributed by atoms with Crippen molar-refractivity contribution in [2.24, 2.45) is 5.73 Å². The van der Waals surface area contributed by atoms with Gasteiger partial charge in [-0.15, -0.1) is 0 Å². The number of benzene rings is 1. The van der Waals surface area contributed by atoms with Gasteiger partial charge in [-0.2, -0.15) is 0 Å². The Kier molecular flexibility index (Phi) is 5.09. The maximum Gasteiger partial charge on any atom is 0.258 e. The zero-order chi connectivity index (χ0) is 13.7. The lowest BCUT2D eigenvalue weighted by Gasteiger charge is -2.13. The summed E-state index contributed by atoms with van der Waals surface area (Å²) in [6, 6.07) is 4.66. The molecule has 3 N–H and O–H groups in total. The van der Waals surface area contributed by atoms with Crippen molar-refractivity contribution in [2.75, 3.05) is 0 Å². The summed E-state index contributed by atoms with van der Waals surface area (Å²) in [7, 11) is 0. The van der Waals surface area contributed by atoms with Gasteiger partial charge < -0.3 is 15.8 Å². The Labute approximate surface area is 106 Å². The van der Waals surface area contributed by atoms with Gasteiger partial charge in [0.2, 0.25) is 0 Å². The van der Waals surface area contributed by atoms with E-state index in [-0.39, 0.29) is 0 Å². The van der Waals surface area contributed by atoms with E-state index in [1.54, 1.807) is 6.07 Å². The Morgan fingerprint density at radius 1 is 1.39 bits per heavy atom. The molecule has 1 rings (SSSR count). The Hall–Kier alpha value is -1.62. The maximum atomic E-state index is 13.4. The highest BCUT2D eigenvalue weighted by atomic mass is 19.1. The second kappa shape index (κ2) is 6.35. The van der Waals surface area contributed by atoms with E-state index < -0.39 is 17.8 Å². The van der Waals surface area contributed by atoms with Crippen LogP contribution in [-0.2, 0) is 11.3 Å². The van der Waals surface area contributed by atoms with Crippen LogP contribution in [0.15, 0.2) is 18.2 Å². The first-order valence-corrected chi connectivity index (χ1v) is 5.87. The predicted octanol–water partition coefficient (Wildman–Crippen LogP) is 1.58. The molecule has 0 saturated carbocycles.